The third kappa shape index (κ3) is 3.73. The Hall–Kier alpha value is -1.01. The van der Waals surface area contributed by atoms with Gasteiger partial charge < -0.3 is 10.6 Å². The zero-order valence-corrected chi connectivity index (χ0v) is 12.4. The lowest BCUT2D eigenvalue weighted by Crippen LogP contribution is -2.34. The van der Waals surface area contributed by atoms with Gasteiger partial charge in [-0.25, -0.2) is 0 Å². The number of hydrogen-bond donors (Lipinski definition) is 3. The van der Waals surface area contributed by atoms with Gasteiger partial charge in [0, 0.05) is 36.8 Å². The minimum absolute atomic E-state index is 0.0600. The highest BCUT2D eigenvalue weighted by Gasteiger charge is 2.22. The molecule has 0 aromatic carbocycles. The smallest absolute Gasteiger partial charge is 0.272 e. The maximum atomic E-state index is 12.2. The van der Waals surface area contributed by atoms with E-state index < -0.39 is 0 Å². The van der Waals surface area contributed by atoms with Crippen molar-refractivity contribution in [2.45, 2.75) is 39.3 Å². The Bertz CT molecular complexity index is 432. The second kappa shape index (κ2) is 6.96. The van der Waals surface area contributed by atoms with Crippen molar-refractivity contribution in [3.8, 4) is 0 Å². The number of rotatable bonds is 6. The van der Waals surface area contributed by atoms with E-state index in [9.17, 15) is 4.79 Å². The number of H-pyrrole nitrogens is 1. The molecule has 0 spiro atoms. The Morgan fingerprint density at radius 3 is 3.21 bits per heavy atom. The number of thioether (sulfide) groups is 1. The molecular formula is C13H22N4OS. The minimum Gasteiger partial charge on any atom is -0.348 e. The molecule has 0 aliphatic carbocycles. The standard InChI is InChI=1S/C13H22N4OS/c1-3-19-7-5-9(2)15-13(18)12-10-8-14-6-4-11(10)16-17-12/h9,14H,3-8H2,1-2H3,(H,15,18)(H,16,17). The van der Waals surface area contributed by atoms with E-state index in [-0.39, 0.29) is 11.9 Å². The van der Waals surface area contributed by atoms with Crippen LogP contribution in [0.15, 0.2) is 0 Å². The molecule has 5 nitrogen and oxygen atoms in total. The fourth-order valence-corrected chi connectivity index (χ4v) is 2.99. The molecule has 6 heteroatoms. The number of carbonyl (C=O) groups is 1. The van der Waals surface area contributed by atoms with E-state index in [4.69, 9.17) is 0 Å². The molecule has 0 saturated heterocycles. The predicted octanol–water partition coefficient (Wildman–Crippen LogP) is 1.32. The van der Waals surface area contributed by atoms with E-state index in [0.29, 0.717) is 5.69 Å². The summed E-state index contributed by atoms with van der Waals surface area (Å²) in [5.41, 5.74) is 2.68. The third-order valence-corrected chi connectivity index (χ3v) is 4.23. The minimum atomic E-state index is -0.0600. The zero-order valence-electron chi connectivity index (χ0n) is 11.6. The molecule has 0 radical (unpaired) electrons. The Labute approximate surface area is 118 Å². The van der Waals surface area contributed by atoms with E-state index in [1.807, 2.05) is 18.7 Å². The van der Waals surface area contributed by atoms with Crippen LogP contribution in [0.4, 0.5) is 0 Å². The van der Waals surface area contributed by atoms with Crippen LogP contribution in [0.2, 0.25) is 0 Å². The largest absolute Gasteiger partial charge is 0.348 e. The van der Waals surface area contributed by atoms with Gasteiger partial charge in [0.25, 0.3) is 5.91 Å². The molecule has 0 saturated carbocycles. The van der Waals surface area contributed by atoms with Crippen molar-refractivity contribution >= 4 is 17.7 Å². The van der Waals surface area contributed by atoms with E-state index in [2.05, 4.69) is 27.8 Å². The van der Waals surface area contributed by atoms with Crippen molar-refractivity contribution < 1.29 is 4.79 Å². The van der Waals surface area contributed by atoms with Gasteiger partial charge in [-0.2, -0.15) is 16.9 Å². The molecule has 106 valence electrons. The number of fused-ring (bicyclic) bond motifs is 1. The monoisotopic (exact) mass is 282 g/mol. The van der Waals surface area contributed by atoms with Crippen molar-refractivity contribution in [2.75, 3.05) is 18.1 Å². The van der Waals surface area contributed by atoms with E-state index in [0.717, 1.165) is 48.7 Å². The number of hydrogen-bond acceptors (Lipinski definition) is 4. The molecule has 3 N–H and O–H groups in total. The summed E-state index contributed by atoms with van der Waals surface area (Å²) in [7, 11) is 0. The zero-order chi connectivity index (χ0) is 13.7. The number of aromatic nitrogens is 2. The van der Waals surface area contributed by atoms with Gasteiger partial charge in [-0.15, -0.1) is 0 Å². The number of aromatic amines is 1. The second-order valence-electron chi connectivity index (χ2n) is 4.82. The first kappa shape index (κ1) is 14.4. The quantitative estimate of drug-likeness (QED) is 0.688. The van der Waals surface area contributed by atoms with E-state index >= 15 is 0 Å². The Morgan fingerprint density at radius 1 is 1.58 bits per heavy atom. The highest BCUT2D eigenvalue weighted by molar-refractivity contribution is 7.99. The van der Waals surface area contributed by atoms with Crippen molar-refractivity contribution in [2.24, 2.45) is 0 Å². The first-order chi connectivity index (χ1) is 9.22. The summed E-state index contributed by atoms with van der Waals surface area (Å²) in [6.07, 6.45) is 1.91. The maximum absolute atomic E-state index is 12.2. The summed E-state index contributed by atoms with van der Waals surface area (Å²) in [5.74, 6) is 2.15. The molecule has 2 heterocycles. The highest BCUT2D eigenvalue weighted by atomic mass is 32.2. The number of amides is 1. The van der Waals surface area contributed by atoms with Crippen LogP contribution >= 0.6 is 11.8 Å². The fraction of sp³-hybridized carbons (Fsp3) is 0.692. The normalized spacial score (nSPS) is 15.9. The summed E-state index contributed by atoms with van der Waals surface area (Å²) in [6.45, 7) is 5.87. The lowest BCUT2D eigenvalue weighted by Gasteiger charge is -2.15. The van der Waals surface area contributed by atoms with Crippen molar-refractivity contribution in [3.63, 3.8) is 0 Å². The number of nitrogens with one attached hydrogen (secondary N) is 3. The van der Waals surface area contributed by atoms with Crippen molar-refractivity contribution in [3.05, 3.63) is 17.0 Å². The van der Waals surface area contributed by atoms with Crippen LogP contribution in [0, 0.1) is 0 Å². The van der Waals surface area contributed by atoms with Gasteiger partial charge in [-0.05, 0) is 24.9 Å². The molecular weight excluding hydrogens is 260 g/mol. The molecule has 0 bridgehead atoms. The summed E-state index contributed by atoms with van der Waals surface area (Å²) in [4.78, 5) is 12.2. The molecule has 0 fully saturated rings. The molecule has 1 unspecified atom stereocenters. The average Bonchev–Trinajstić information content (AvgIpc) is 2.83. The summed E-state index contributed by atoms with van der Waals surface area (Å²) < 4.78 is 0. The highest BCUT2D eigenvalue weighted by Crippen LogP contribution is 2.15. The van der Waals surface area contributed by atoms with Gasteiger partial charge >= 0.3 is 0 Å². The van der Waals surface area contributed by atoms with Gasteiger partial charge in [0.15, 0.2) is 5.69 Å². The lowest BCUT2D eigenvalue weighted by molar-refractivity contribution is 0.0933. The lowest BCUT2D eigenvalue weighted by atomic mass is 10.1. The van der Waals surface area contributed by atoms with Crippen LogP contribution in [-0.4, -0.2) is 40.2 Å². The first-order valence-corrected chi connectivity index (χ1v) is 8.03. The Balaban J connectivity index is 1.91. The van der Waals surface area contributed by atoms with Gasteiger partial charge in [0.05, 0.1) is 0 Å². The van der Waals surface area contributed by atoms with Crippen LogP contribution in [0.1, 0.15) is 42.0 Å². The van der Waals surface area contributed by atoms with Gasteiger partial charge in [0.2, 0.25) is 0 Å². The molecule has 1 amide bonds. The van der Waals surface area contributed by atoms with Crippen LogP contribution in [0.25, 0.3) is 0 Å². The van der Waals surface area contributed by atoms with E-state index in [1.54, 1.807) is 0 Å². The molecule has 2 rings (SSSR count). The average molecular weight is 282 g/mol. The molecule has 1 atom stereocenters. The molecule has 19 heavy (non-hydrogen) atoms. The Kier molecular flexibility index (Phi) is 5.27. The fourth-order valence-electron chi connectivity index (χ4n) is 2.18. The molecule has 1 aliphatic heterocycles. The maximum Gasteiger partial charge on any atom is 0.272 e. The van der Waals surface area contributed by atoms with Crippen LogP contribution in [0.3, 0.4) is 0 Å². The predicted molar refractivity (Wildman–Crippen MR) is 78.5 cm³/mol. The van der Waals surface area contributed by atoms with Crippen LogP contribution in [0.5, 0.6) is 0 Å². The number of nitrogens with zero attached hydrogens (tertiary/aromatic N) is 1. The first-order valence-electron chi connectivity index (χ1n) is 6.87. The van der Waals surface area contributed by atoms with E-state index in [1.165, 1.54) is 0 Å². The van der Waals surface area contributed by atoms with Gasteiger partial charge in [-0.3, -0.25) is 9.89 Å². The molecule has 1 aromatic rings. The summed E-state index contributed by atoms with van der Waals surface area (Å²) >= 11 is 1.90. The third-order valence-electron chi connectivity index (χ3n) is 3.30. The van der Waals surface area contributed by atoms with Gasteiger partial charge in [0.1, 0.15) is 0 Å². The molecule has 1 aromatic heterocycles. The summed E-state index contributed by atoms with van der Waals surface area (Å²) in [5, 5.41) is 13.4. The van der Waals surface area contributed by atoms with Crippen molar-refractivity contribution in [1.82, 2.24) is 20.8 Å². The Morgan fingerprint density at radius 2 is 2.42 bits per heavy atom. The number of carbonyl (C=O) groups excluding carboxylic acids is 1. The topological polar surface area (TPSA) is 69.8 Å². The second-order valence-corrected chi connectivity index (χ2v) is 6.21. The SMILES string of the molecule is CCSCCC(C)NC(=O)c1n[nH]c2c1CNCC2. The van der Waals surface area contributed by atoms with Crippen LogP contribution < -0.4 is 10.6 Å². The molecule has 1 aliphatic rings. The van der Waals surface area contributed by atoms with Crippen LogP contribution in [-0.2, 0) is 13.0 Å². The van der Waals surface area contributed by atoms with Crippen molar-refractivity contribution in [1.29, 1.82) is 0 Å². The van der Waals surface area contributed by atoms with Gasteiger partial charge in [-0.1, -0.05) is 6.92 Å². The summed E-state index contributed by atoms with van der Waals surface area (Å²) in [6, 6.07) is 0.190.